The van der Waals surface area contributed by atoms with Crippen LogP contribution in [0.4, 0.5) is 5.69 Å². The van der Waals surface area contributed by atoms with Gasteiger partial charge in [-0.2, -0.15) is 0 Å². The van der Waals surface area contributed by atoms with Crippen molar-refractivity contribution in [2.45, 2.75) is 26.9 Å². The van der Waals surface area contributed by atoms with Gasteiger partial charge in [-0.15, -0.1) is 0 Å². The minimum absolute atomic E-state index is 0.164. The zero-order valence-corrected chi connectivity index (χ0v) is 12.8. The van der Waals surface area contributed by atoms with E-state index in [2.05, 4.69) is 5.32 Å². The molecule has 2 aromatic rings. The highest BCUT2D eigenvalue weighted by molar-refractivity contribution is 6.30. The number of benzene rings is 2. The smallest absolute Gasteiger partial charge is 0.272 e. The number of rotatable bonds is 5. The monoisotopic (exact) mass is 304 g/mol. The lowest BCUT2D eigenvalue weighted by molar-refractivity contribution is -0.385. The molecule has 2 aromatic carbocycles. The maximum atomic E-state index is 10.9. The van der Waals surface area contributed by atoms with Crippen LogP contribution in [0.5, 0.6) is 0 Å². The van der Waals surface area contributed by atoms with Crippen LogP contribution < -0.4 is 5.32 Å². The first-order chi connectivity index (χ1) is 9.99. The van der Waals surface area contributed by atoms with E-state index in [1.54, 1.807) is 13.0 Å². The molecular formula is C16H17ClN2O2. The molecule has 0 bridgehead atoms. The molecule has 4 nitrogen and oxygen atoms in total. The average Bonchev–Trinajstić information content (AvgIpc) is 2.42. The molecule has 0 heterocycles. The zero-order chi connectivity index (χ0) is 15.4. The molecule has 0 saturated heterocycles. The number of nitrogens with one attached hydrogen (secondary N) is 1. The van der Waals surface area contributed by atoms with Crippen molar-refractivity contribution in [3.05, 3.63) is 73.8 Å². The summed E-state index contributed by atoms with van der Waals surface area (Å²) < 4.78 is 0. The van der Waals surface area contributed by atoms with Crippen molar-refractivity contribution in [3.8, 4) is 0 Å². The molecule has 21 heavy (non-hydrogen) atoms. The first-order valence-corrected chi connectivity index (χ1v) is 7.05. The first kappa shape index (κ1) is 15.5. The lowest BCUT2D eigenvalue weighted by Crippen LogP contribution is -2.14. The molecule has 0 amide bonds. The summed E-state index contributed by atoms with van der Waals surface area (Å²) in [6, 6.07) is 10.9. The summed E-state index contributed by atoms with van der Waals surface area (Å²) in [6.07, 6.45) is 0. The van der Waals surface area contributed by atoms with Gasteiger partial charge in [-0.3, -0.25) is 10.1 Å². The summed E-state index contributed by atoms with van der Waals surface area (Å²) >= 11 is 5.93. The molecule has 0 aliphatic carbocycles. The van der Waals surface area contributed by atoms with Crippen molar-refractivity contribution in [1.82, 2.24) is 5.32 Å². The Morgan fingerprint density at radius 1 is 1.14 bits per heavy atom. The molecule has 0 aliphatic rings. The van der Waals surface area contributed by atoms with Crippen LogP contribution in [0.25, 0.3) is 0 Å². The van der Waals surface area contributed by atoms with Gasteiger partial charge in [-0.1, -0.05) is 29.8 Å². The van der Waals surface area contributed by atoms with E-state index in [0.29, 0.717) is 18.7 Å². The van der Waals surface area contributed by atoms with Crippen LogP contribution in [0.2, 0.25) is 5.02 Å². The fourth-order valence-electron chi connectivity index (χ4n) is 2.25. The van der Waals surface area contributed by atoms with E-state index in [1.807, 2.05) is 31.2 Å². The fourth-order valence-corrected chi connectivity index (χ4v) is 2.48. The maximum absolute atomic E-state index is 10.9. The number of nitro benzene ring substituents is 1. The number of aryl methyl sites for hydroxylation is 1. The molecule has 0 radical (unpaired) electrons. The SMILES string of the molecule is Cc1cc(Cl)ccc1CNCc1cccc([N+](=O)[O-])c1C. The van der Waals surface area contributed by atoms with E-state index in [1.165, 1.54) is 11.6 Å². The minimum Gasteiger partial charge on any atom is -0.309 e. The van der Waals surface area contributed by atoms with Crippen LogP contribution >= 0.6 is 11.6 Å². The Hall–Kier alpha value is -1.91. The third kappa shape index (κ3) is 3.80. The first-order valence-electron chi connectivity index (χ1n) is 6.67. The maximum Gasteiger partial charge on any atom is 0.272 e. The van der Waals surface area contributed by atoms with E-state index < -0.39 is 0 Å². The normalized spacial score (nSPS) is 10.6. The van der Waals surface area contributed by atoms with Gasteiger partial charge in [-0.25, -0.2) is 0 Å². The predicted molar refractivity (Wildman–Crippen MR) is 84.6 cm³/mol. The predicted octanol–water partition coefficient (Wildman–Crippen LogP) is 4.15. The summed E-state index contributed by atoms with van der Waals surface area (Å²) in [5.41, 5.74) is 4.11. The molecule has 0 fully saturated rings. The molecule has 0 saturated carbocycles. The summed E-state index contributed by atoms with van der Waals surface area (Å²) in [5, 5.41) is 15.0. The fraction of sp³-hybridized carbons (Fsp3) is 0.250. The lowest BCUT2D eigenvalue weighted by Gasteiger charge is -2.10. The van der Waals surface area contributed by atoms with Gasteiger partial charge in [0.15, 0.2) is 0 Å². The molecule has 5 heteroatoms. The lowest BCUT2D eigenvalue weighted by atomic mass is 10.1. The van der Waals surface area contributed by atoms with Crippen LogP contribution in [0.15, 0.2) is 36.4 Å². The van der Waals surface area contributed by atoms with Gasteiger partial charge in [0.25, 0.3) is 5.69 Å². The van der Waals surface area contributed by atoms with Crippen LogP contribution in [0.3, 0.4) is 0 Å². The van der Waals surface area contributed by atoms with Gasteiger partial charge in [0.05, 0.1) is 4.92 Å². The van der Waals surface area contributed by atoms with Gasteiger partial charge in [-0.05, 0) is 42.7 Å². The van der Waals surface area contributed by atoms with Crippen LogP contribution in [-0.2, 0) is 13.1 Å². The second-order valence-electron chi connectivity index (χ2n) is 4.99. The number of halogens is 1. The van der Waals surface area contributed by atoms with Crippen molar-refractivity contribution < 1.29 is 4.92 Å². The Morgan fingerprint density at radius 2 is 1.86 bits per heavy atom. The molecule has 0 aliphatic heterocycles. The Bertz CT molecular complexity index is 671. The number of nitro groups is 1. The Kier molecular flexibility index (Phi) is 4.94. The highest BCUT2D eigenvalue weighted by atomic mass is 35.5. The Labute approximate surface area is 128 Å². The highest BCUT2D eigenvalue weighted by Crippen LogP contribution is 2.21. The van der Waals surface area contributed by atoms with E-state index in [9.17, 15) is 10.1 Å². The van der Waals surface area contributed by atoms with E-state index in [0.717, 1.165) is 16.1 Å². The van der Waals surface area contributed by atoms with Crippen LogP contribution in [0, 0.1) is 24.0 Å². The standard InChI is InChI=1S/C16H17ClN2O2/c1-11-8-15(17)7-6-13(11)9-18-10-14-4-3-5-16(12(14)2)19(20)21/h3-8,18H,9-10H2,1-2H3. The second-order valence-corrected chi connectivity index (χ2v) is 5.43. The quantitative estimate of drug-likeness (QED) is 0.666. The van der Waals surface area contributed by atoms with Gasteiger partial charge in [0.1, 0.15) is 0 Å². The van der Waals surface area contributed by atoms with E-state index >= 15 is 0 Å². The second kappa shape index (κ2) is 6.70. The molecular weight excluding hydrogens is 288 g/mol. The van der Waals surface area contributed by atoms with Crippen molar-refractivity contribution in [2.75, 3.05) is 0 Å². The van der Waals surface area contributed by atoms with Crippen molar-refractivity contribution in [1.29, 1.82) is 0 Å². The van der Waals surface area contributed by atoms with Gasteiger partial charge < -0.3 is 5.32 Å². The minimum atomic E-state index is -0.345. The number of nitrogens with zero attached hydrogens (tertiary/aromatic N) is 1. The number of hydrogen-bond donors (Lipinski definition) is 1. The summed E-state index contributed by atoms with van der Waals surface area (Å²) in [7, 11) is 0. The van der Waals surface area contributed by atoms with Gasteiger partial charge >= 0.3 is 0 Å². The number of hydrogen-bond acceptors (Lipinski definition) is 3. The third-order valence-electron chi connectivity index (χ3n) is 3.55. The Balaban J connectivity index is 2.04. The average molecular weight is 305 g/mol. The van der Waals surface area contributed by atoms with E-state index in [-0.39, 0.29) is 10.6 Å². The van der Waals surface area contributed by atoms with Crippen molar-refractivity contribution in [2.24, 2.45) is 0 Å². The molecule has 0 atom stereocenters. The molecule has 110 valence electrons. The molecule has 0 unspecified atom stereocenters. The molecule has 1 N–H and O–H groups in total. The van der Waals surface area contributed by atoms with Gasteiger partial charge in [0, 0.05) is 29.7 Å². The third-order valence-corrected chi connectivity index (χ3v) is 3.78. The van der Waals surface area contributed by atoms with E-state index in [4.69, 9.17) is 11.6 Å². The van der Waals surface area contributed by atoms with Crippen LogP contribution in [-0.4, -0.2) is 4.92 Å². The molecule has 0 aromatic heterocycles. The topological polar surface area (TPSA) is 55.2 Å². The largest absolute Gasteiger partial charge is 0.309 e. The van der Waals surface area contributed by atoms with Crippen molar-refractivity contribution in [3.63, 3.8) is 0 Å². The summed E-state index contributed by atoms with van der Waals surface area (Å²) in [6.45, 7) is 5.09. The molecule has 2 rings (SSSR count). The summed E-state index contributed by atoms with van der Waals surface area (Å²) in [4.78, 5) is 10.6. The van der Waals surface area contributed by atoms with Crippen LogP contribution in [0.1, 0.15) is 22.3 Å². The zero-order valence-electron chi connectivity index (χ0n) is 12.0. The highest BCUT2D eigenvalue weighted by Gasteiger charge is 2.12. The Morgan fingerprint density at radius 3 is 2.52 bits per heavy atom. The summed E-state index contributed by atoms with van der Waals surface area (Å²) in [5.74, 6) is 0. The van der Waals surface area contributed by atoms with Crippen molar-refractivity contribution >= 4 is 17.3 Å². The van der Waals surface area contributed by atoms with Gasteiger partial charge in [0.2, 0.25) is 0 Å². The molecule has 0 spiro atoms.